The van der Waals surface area contributed by atoms with E-state index in [4.69, 9.17) is 20.2 Å². The van der Waals surface area contributed by atoms with Crippen molar-refractivity contribution >= 4 is 17.9 Å². The van der Waals surface area contributed by atoms with E-state index in [-0.39, 0.29) is 12.4 Å². The van der Waals surface area contributed by atoms with Crippen molar-refractivity contribution in [1.82, 2.24) is 4.98 Å². The van der Waals surface area contributed by atoms with E-state index in [0.29, 0.717) is 40.3 Å². The standard InChI is InChI=1S/C21H19N3O5/c1-27-18-6-5-16(23-11-18)13-28-17-7-8-20(29-22)19(10-17)24-21(26)15-4-2-3-14(9-15)12-25/h2-12H,13,22H2,1H3,(H,24,26). The average molecular weight is 393 g/mol. The number of nitrogens with one attached hydrogen (secondary N) is 1. The van der Waals surface area contributed by atoms with Crippen LogP contribution >= 0.6 is 0 Å². The van der Waals surface area contributed by atoms with Crippen molar-refractivity contribution in [3.05, 3.63) is 77.6 Å². The van der Waals surface area contributed by atoms with Crippen LogP contribution < -0.4 is 25.5 Å². The molecule has 8 heteroatoms. The molecule has 3 N–H and O–H groups in total. The number of carbonyl (C=O) groups excluding carboxylic acids is 2. The van der Waals surface area contributed by atoms with Crippen molar-refractivity contribution in [2.45, 2.75) is 6.61 Å². The van der Waals surface area contributed by atoms with E-state index in [0.717, 1.165) is 0 Å². The van der Waals surface area contributed by atoms with Gasteiger partial charge in [0.15, 0.2) is 5.75 Å². The van der Waals surface area contributed by atoms with E-state index in [2.05, 4.69) is 10.3 Å². The van der Waals surface area contributed by atoms with Gasteiger partial charge in [0.25, 0.3) is 5.91 Å². The predicted molar refractivity (Wildman–Crippen MR) is 106 cm³/mol. The van der Waals surface area contributed by atoms with Crippen LogP contribution in [0.1, 0.15) is 26.4 Å². The molecule has 0 aliphatic heterocycles. The first kappa shape index (κ1) is 19.8. The van der Waals surface area contributed by atoms with E-state index in [1.54, 1.807) is 61.8 Å². The van der Waals surface area contributed by atoms with Crippen LogP contribution in [-0.4, -0.2) is 24.3 Å². The second-order valence-electron chi connectivity index (χ2n) is 5.95. The highest BCUT2D eigenvalue weighted by Crippen LogP contribution is 2.29. The van der Waals surface area contributed by atoms with E-state index < -0.39 is 5.91 Å². The van der Waals surface area contributed by atoms with Crippen LogP contribution in [0, 0.1) is 0 Å². The highest BCUT2D eigenvalue weighted by molar-refractivity contribution is 6.05. The maximum absolute atomic E-state index is 12.5. The van der Waals surface area contributed by atoms with Crippen LogP contribution in [0.5, 0.6) is 17.2 Å². The SMILES string of the molecule is COc1ccc(COc2ccc(ON)c(NC(=O)c3cccc(C=O)c3)c2)nc1. The van der Waals surface area contributed by atoms with E-state index in [1.807, 2.05) is 0 Å². The molecule has 1 amide bonds. The maximum Gasteiger partial charge on any atom is 0.255 e. The Bertz CT molecular complexity index is 1010. The summed E-state index contributed by atoms with van der Waals surface area (Å²) in [5.74, 6) is 6.28. The van der Waals surface area contributed by atoms with Gasteiger partial charge in [-0.2, -0.15) is 5.90 Å². The molecular formula is C21H19N3O5. The average Bonchev–Trinajstić information content (AvgIpc) is 2.78. The summed E-state index contributed by atoms with van der Waals surface area (Å²) < 4.78 is 10.8. The summed E-state index contributed by atoms with van der Waals surface area (Å²) in [6.07, 6.45) is 2.27. The molecule has 0 unspecified atom stereocenters. The molecule has 3 rings (SSSR count). The number of hydrogen-bond acceptors (Lipinski definition) is 7. The first-order valence-corrected chi connectivity index (χ1v) is 8.62. The lowest BCUT2D eigenvalue weighted by atomic mass is 10.1. The largest absolute Gasteiger partial charge is 0.495 e. The van der Waals surface area contributed by atoms with Gasteiger partial charge in [0.1, 0.15) is 24.4 Å². The van der Waals surface area contributed by atoms with Gasteiger partial charge in [0, 0.05) is 17.2 Å². The lowest BCUT2D eigenvalue weighted by Crippen LogP contribution is -2.14. The van der Waals surface area contributed by atoms with Crippen LogP contribution in [0.2, 0.25) is 0 Å². The Morgan fingerprint density at radius 3 is 2.66 bits per heavy atom. The zero-order chi connectivity index (χ0) is 20.6. The lowest BCUT2D eigenvalue weighted by Gasteiger charge is -2.12. The predicted octanol–water partition coefficient (Wildman–Crippen LogP) is 2.99. The molecule has 0 aliphatic carbocycles. The van der Waals surface area contributed by atoms with Gasteiger partial charge in [0.2, 0.25) is 0 Å². The molecular weight excluding hydrogens is 374 g/mol. The van der Waals surface area contributed by atoms with Crippen molar-refractivity contribution in [2.75, 3.05) is 12.4 Å². The number of carbonyl (C=O) groups is 2. The number of aromatic nitrogens is 1. The number of rotatable bonds is 8. The summed E-state index contributed by atoms with van der Waals surface area (Å²) in [5, 5.41) is 2.71. The van der Waals surface area contributed by atoms with Gasteiger partial charge >= 0.3 is 0 Å². The van der Waals surface area contributed by atoms with Gasteiger partial charge in [0.05, 0.1) is 24.7 Å². The smallest absolute Gasteiger partial charge is 0.255 e. The quantitative estimate of drug-likeness (QED) is 0.447. The zero-order valence-electron chi connectivity index (χ0n) is 15.6. The number of amides is 1. The van der Waals surface area contributed by atoms with Crippen LogP contribution in [-0.2, 0) is 6.61 Å². The molecule has 1 heterocycles. The van der Waals surface area contributed by atoms with Crippen LogP contribution in [0.3, 0.4) is 0 Å². The number of nitrogens with zero attached hydrogens (tertiary/aromatic N) is 1. The van der Waals surface area contributed by atoms with Crippen molar-refractivity contribution in [1.29, 1.82) is 0 Å². The number of pyridine rings is 1. The molecule has 0 fully saturated rings. The Hall–Kier alpha value is -3.91. The highest BCUT2D eigenvalue weighted by Gasteiger charge is 2.12. The minimum Gasteiger partial charge on any atom is -0.495 e. The van der Waals surface area contributed by atoms with Gasteiger partial charge in [-0.1, -0.05) is 12.1 Å². The molecule has 148 valence electrons. The van der Waals surface area contributed by atoms with E-state index in [1.165, 1.54) is 6.07 Å². The molecule has 0 atom stereocenters. The van der Waals surface area contributed by atoms with Gasteiger partial charge in [-0.15, -0.1) is 0 Å². The second kappa shape index (κ2) is 9.34. The number of aldehydes is 1. The number of methoxy groups -OCH3 is 1. The van der Waals surface area contributed by atoms with Crippen molar-refractivity contribution in [3.8, 4) is 17.2 Å². The Labute approximate surface area is 167 Å². The number of benzene rings is 2. The fourth-order valence-electron chi connectivity index (χ4n) is 2.52. The first-order chi connectivity index (χ1) is 14.1. The second-order valence-corrected chi connectivity index (χ2v) is 5.95. The van der Waals surface area contributed by atoms with Crippen LogP contribution in [0.25, 0.3) is 0 Å². The Morgan fingerprint density at radius 2 is 1.97 bits per heavy atom. The maximum atomic E-state index is 12.5. The van der Waals surface area contributed by atoms with Gasteiger partial charge in [-0.3, -0.25) is 14.6 Å². The van der Waals surface area contributed by atoms with Gasteiger partial charge in [-0.05, 0) is 36.4 Å². The minimum atomic E-state index is -0.416. The molecule has 3 aromatic rings. The van der Waals surface area contributed by atoms with E-state index in [9.17, 15) is 9.59 Å². The molecule has 0 saturated heterocycles. The third-order valence-corrected chi connectivity index (χ3v) is 4.03. The molecule has 0 aliphatic rings. The highest BCUT2D eigenvalue weighted by atomic mass is 16.6. The summed E-state index contributed by atoms with van der Waals surface area (Å²) in [7, 11) is 1.57. The first-order valence-electron chi connectivity index (χ1n) is 8.62. The fourth-order valence-corrected chi connectivity index (χ4v) is 2.52. The summed E-state index contributed by atoms with van der Waals surface area (Å²) in [5.41, 5.74) is 1.76. The topological polar surface area (TPSA) is 113 Å². The molecule has 0 bridgehead atoms. The van der Waals surface area contributed by atoms with E-state index >= 15 is 0 Å². The third-order valence-electron chi connectivity index (χ3n) is 4.03. The van der Waals surface area contributed by atoms with Crippen molar-refractivity contribution < 1.29 is 23.9 Å². The molecule has 29 heavy (non-hydrogen) atoms. The monoisotopic (exact) mass is 393 g/mol. The number of hydrogen-bond donors (Lipinski definition) is 2. The number of anilines is 1. The molecule has 0 saturated carbocycles. The molecule has 8 nitrogen and oxygen atoms in total. The molecule has 0 radical (unpaired) electrons. The lowest BCUT2D eigenvalue weighted by molar-refractivity contribution is 0.102. The summed E-state index contributed by atoms with van der Waals surface area (Å²) >= 11 is 0. The Kier molecular flexibility index (Phi) is 6.39. The summed E-state index contributed by atoms with van der Waals surface area (Å²) in [6, 6.07) is 14.7. The van der Waals surface area contributed by atoms with Gasteiger partial charge < -0.3 is 19.6 Å². The van der Waals surface area contributed by atoms with Crippen molar-refractivity contribution in [2.24, 2.45) is 5.90 Å². The Balaban J connectivity index is 1.73. The Morgan fingerprint density at radius 1 is 1.14 bits per heavy atom. The van der Waals surface area contributed by atoms with Crippen LogP contribution in [0.4, 0.5) is 5.69 Å². The van der Waals surface area contributed by atoms with Crippen molar-refractivity contribution in [3.63, 3.8) is 0 Å². The minimum absolute atomic E-state index is 0.224. The summed E-state index contributed by atoms with van der Waals surface area (Å²) in [4.78, 5) is 32.5. The third kappa shape index (κ3) is 5.08. The molecule has 1 aromatic heterocycles. The molecule has 0 spiro atoms. The number of nitrogens with two attached hydrogens (primary N) is 1. The zero-order valence-corrected chi connectivity index (χ0v) is 15.6. The summed E-state index contributed by atoms with van der Waals surface area (Å²) in [6.45, 7) is 0.224. The van der Waals surface area contributed by atoms with Crippen LogP contribution in [0.15, 0.2) is 60.8 Å². The van der Waals surface area contributed by atoms with Gasteiger partial charge in [-0.25, -0.2) is 0 Å². The fraction of sp³-hybridized carbons (Fsp3) is 0.0952. The molecule has 2 aromatic carbocycles. The normalized spacial score (nSPS) is 10.1. The number of ether oxygens (including phenoxy) is 2.